The molecule has 0 amide bonds. The maximum Gasteiger partial charge on any atom is 0.0117 e. The van der Waals surface area contributed by atoms with Gasteiger partial charge in [0.25, 0.3) is 0 Å². The van der Waals surface area contributed by atoms with E-state index in [1.165, 1.54) is 44.9 Å². The maximum absolute atomic E-state index is 2.69. The number of rotatable bonds is 1. The Balaban J connectivity index is 1.39. The van der Waals surface area contributed by atoms with E-state index in [0.717, 1.165) is 21.7 Å². The van der Waals surface area contributed by atoms with Crippen LogP contribution in [0.5, 0.6) is 0 Å². The van der Waals surface area contributed by atoms with E-state index in [1.54, 1.807) is 22.3 Å². The molecule has 0 spiro atoms. The number of alkyl halides is 1. The molecule has 2 fully saturated rings. The van der Waals surface area contributed by atoms with Crippen molar-refractivity contribution in [1.29, 1.82) is 0 Å². The molecule has 138 valence electrons. The zero-order chi connectivity index (χ0) is 17.9. The summed E-state index contributed by atoms with van der Waals surface area (Å²) in [4.78, 5) is 0. The van der Waals surface area contributed by atoms with Crippen molar-refractivity contribution in [3.8, 4) is 0 Å². The summed E-state index contributed by atoms with van der Waals surface area (Å²) >= 11 is 2.69. The fourth-order valence-electron chi connectivity index (χ4n) is 6.58. The molecule has 5 atom stereocenters. The Bertz CT molecular complexity index is 768. The van der Waals surface area contributed by atoms with Gasteiger partial charge in [-0.1, -0.05) is 78.4 Å². The summed E-state index contributed by atoms with van der Waals surface area (Å²) in [7, 11) is 0. The highest BCUT2D eigenvalue weighted by Gasteiger charge is 2.43. The first-order chi connectivity index (χ1) is 12.5. The van der Waals surface area contributed by atoms with Crippen LogP contribution < -0.4 is 0 Å². The van der Waals surface area contributed by atoms with Crippen molar-refractivity contribution in [2.45, 2.75) is 74.1 Å². The molecule has 0 saturated heterocycles. The quantitative estimate of drug-likeness (QED) is 0.305. The van der Waals surface area contributed by atoms with Gasteiger partial charge in [0.15, 0.2) is 0 Å². The number of hydrogen-bond donors (Lipinski definition) is 0. The molecule has 1 aromatic carbocycles. The van der Waals surface area contributed by atoms with Gasteiger partial charge in [-0.05, 0) is 79.4 Å². The molecular weight excluding hydrogens is 427 g/mol. The van der Waals surface area contributed by atoms with Crippen LogP contribution in [0.1, 0.15) is 75.8 Å². The SMILES string of the molecule is CC1(C)C2=CC(C3CCC4CC(I)CCC4C3)=CCC2c2ccccc21. The Morgan fingerprint density at radius 3 is 2.62 bits per heavy atom. The third-order valence-electron chi connectivity index (χ3n) is 8.04. The molecule has 0 aliphatic heterocycles. The van der Waals surface area contributed by atoms with E-state index in [4.69, 9.17) is 0 Å². The minimum absolute atomic E-state index is 0.206. The molecule has 4 aliphatic carbocycles. The number of allylic oxidation sites excluding steroid dienone is 4. The van der Waals surface area contributed by atoms with Crippen LogP contribution in [0.2, 0.25) is 0 Å². The normalized spacial score (nSPS) is 37.9. The first-order valence-corrected chi connectivity index (χ1v) is 11.9. The van der Waals surface area contributed by atoms with Gasteiger partial charge >= 0.3 is 0 Å². The second-order valence-corrected chi connectivity index (χ2v) is 11.5. The minimum Gasteiger partial charge on any atom is -0.0826 e. The van der Waals surface area contributed by atoms with Crippen LogP contribution in [0.3, 0.4) is 0 Å². The summed E-state index contributed by atoms with van der Waals surface area (Å²) in [6, 6.07) is 9.18. The van der Waals surface area contributed by atoms with E-state index < -0.39 is 0 Å². The summed E-state index contributed by atoms with van der Waals surface area (Å²) in [5.74, 6) is 3.50. The number of hydrogen-bond acceptors (Lipinski definition) is 0. The number of fused-ring (bicyclic) bond motifs is 4. The molecule has 1 aromatic rings. The van der Waals surface area contributed by atoms with Crippen molar-refractivity contribution in [3.63, 3.8) is 0 Å². The lowest BCUT2D eigenvalue weighted by molar-refractivity contribution is 0.149. The van der Waals surface area contributed by atoms with Gasteiger partial charge in [-0.25, -0.2) is 0 Å². The topological polar surface area (TPSA) is 0 Å². The third kappa shape index (κ3) is 2.75. The lowest BCUT2D eigenvalue weighted by Crippen LogP contribution is -2.32. The van der Waals surface area contributed by atoms with Crippen molar-refractivity contribution in [2.75, 3.05) is 0 Å². The maximum atomic E-state index is 2.69. The summed E-state index contributed by atoms with van der Waals surface area (Å²) in [6.07, 6.45) is 15.3. The molecule has 0 N–H and O–H groups in total. The van der Waals surface area contributed by atoms with Gasteiger partial charge in [-0.15, -0.1) is 0 Å². The smallest absolute Gasteiger partial charge is 0.0117 e. The molecule has 0 radical (unpaired) electrons. The van der Waals surface area contributed by atoms with E-state index in [0.29, 0.717) is 5.92 Å². The lowest BCUT2D eigenvalue weighted by atomic mass is 9.65. The lowest BCUT2D eigenvalue weighted by Gasteiger charge is -2.42. The van der Waals surface area contributed by atoms with Crippen LogP contribution in [-0.2, 0) is 5.41 Å². The fraction of sp³-hybridized carbons (Fsp3) is 0.600. The van der Waals surface area contributed by atoms with Gasteiger partial charge in [0, 0.05) is 15.3 Å². The summed E-state index contributed by atoms with van der Waals surface area (Å²) in [5.41, 5.74) is 6.73. The molecule has 1 heteroatoms. The largest absolute Gasteiger partial charge is 0.0826 e. The van der Waals surface area contributed by atoms with Crippen LogP contribution in [0.4, 0.5) is 0 Å². The predicted molar refractivity (Wildman–Crippen MR) is 119 cm³/mol. The van der Waals surface area contributed by atoms with E-state index in [1.807, 2.05) is 0 Å². The number of benzene rings is 1. The van der Waals surface area contributed by atoms with Crippen molar-refractivity contribution in [1.82, 2.24) is 0 Å². The Hall–Kier alpha value is -0.570. The molecule has 0 bridgehead atoms. The van der Waals surface area contributed by atoms with E-state index in [9.17, 15) is 0 Å². The minimum atomic E-state index is 0.206. The standard InChI is InChI=1S/C25H31I/c1-25(2)23-6-4-3-5-21(23)22-12-10-19(15-24(22)25)16-7-8-18-14-20(26)11-9-17(18)13-16/h3-6,10,15-18,20,22H,7-9,11-14H2,1-2H3. The highest BCUT2D eigenvalue weighted by molar-refractivity contribution is 14.1. The van der Waals surface area contributed by atoms with Gasteiger partial charge < -0.3 is 0 Å². The molecule has 26 heavy (non-hydrogen) atoms. The highest BCUT2D eigenvalue weighted by Crippen LogP contribution is 2.55. The zero-order valence-corrected chi connectivity index (χ0v) is 18.3. The monoisotopic (exact) mass is 458 g/mol. The van der Waals surface area contributed by atoms with Crippen molar-refractivity contribution in [2.24, 2.45) is 17.8 Å². The first kappa shape index (κ1) is 17.5. The van der Waals surface area contributed by atoms with Gasteiger partial charge in [0.2, 0.25) is 0 Å². The number of halogens is 1. The van der Waals surface area contributed by atoms with Crippen LogP contribution in [0.15, 0.2) is 47.6 Å². The van der Waals surface area contributed by atoms with Crippen LogP contribution in [-0.4, -0.2) is 3.92 Å². The second-order valence-electron chi connectivity index (χ2n) is 9.74. The van der Waals surface area contributed by atoms with Crippen LogP contribution in [0, 0.1) is 17.8 Å². The summed E-state index contributed by atoms with van der Waals surface area (Å²) in [6.45, 7) is 4.89. The van der Waals surface area contributed by atoms with Crippen molar-refractivity contribution in [3.05, 3.63) is 58.7 Å². The van der Waals surface area contributed by atoms with E-state index >= 15 is 0 Å². The molecule has 0 heterocycles. The third-order valence-corrected chi connectivity index (χ3v) is 9.17. The van der Waals surface area contributed by atoms with E-state index in [-0.39, 0.29) is 5.41 Å². The second kappa shape index (κ2) is 6.50. The Labute approximate surface area is 172 Å². The molecule has 2 saturated carbocycles. The predicted octanol–water partition coefficient (Wildman–Crippen LogP) is 7.34. The Kier molecular flexibility index (Phi) is 4.38. The highest BCUT2D eigenvalue weighted by atomic mass is 127. The van der Waals surface area contributed by atoms with Gasteiger partial charge in [0.05, 0.1) is 0 Å². The molecule has 5 unspecified atom stereocenters. The summed E-state index contributed by atoms with van der Waals surface area (Å²) in [5, 5.41) is 0. The first-order valence-electron chi connectivity index (χ1n) is 10.7. The van der Waals surface area contributed by atoms with Gasteiger partial charge in [0.1, 0.15) is 0 Å². The van der Waals surface area contributed by atoms with Crippen LogP contribution in [0.25, 0.3) is 0 Å². The van der Waals surface area contributed by atoms with E-state index in [2.05, 4.69) is 72.9 Å². The van der Waals surface area contributed by atoms with Crippen molar-refractivity contribution >= 4 is 22.6 Å². The molecular formula is C25H31I. The molecule has 4 aliphatic rings. The van der Waals surface area contributed by atoms with Crippen LogP contribution >= 0.6 is 22.6 Å². The molecule has 0 nitrogen and oxygen atoms in total. The fourth-order valence-corrected chi connectivity index (χ4v) is 7.59. The summed E-state index contributed by atoms with van der Waals surface area (Å²) < 4.78 is 0.944. The Morgan fingerprint density at radius 2 is 1.73 bits per heavy atom. The Morgan fingerprint density at radius 1 is 0.962 bits per heavy atom. The average Bonchev–Trinajstić information content (AvgIpc) is 2.89. The molecule has 0 aromatic heterocycles. The van der Waals surface area contributed by atoms with Gasteiger partial charge in [-0.3, -0.25) is 0 Å². The molecule has 5 rings (SSSR count). The van der Waals surface area contributed by atoms with Gasteiger partial charge in [-0.2, -0.15) is 0 Å². The zero-order valence-electron chi connectivity index (χ0n) is 16.2. The average molecular weight is 458 g/mol. The van der Waals surface area contributed by atoms with Crippen molar-refractivity contribution < 1.29 is 0 Å².